The van der Waals surface area contributed by atoms with Gasteiger partial charge in [-0.2, -0.15) is 5.26 Å². The molecular weight excluding hydrogens is 216 g/mol. The molecule has 0 aromatic carbocycles. The van der Waals surface area contributed by atoms with Gasteiger partial charge in [0, 0.05) is 26.3 Å². The summed E-state index contributed by atoms with van der Waals surface area (Å²) >= 11 is 0. The fourth-order valence-corrected chi connectivity index (χ4v) is 2.61. The van der Waals surface area contributed by atoms with Crippen LogP contribution in [-0.2, 0) is 9.53 Å². The van der Waals surface area contributed by atoms with Gasteiger partial charge in [0.2, 0.25) is 5.91 Å². The molecule has 2 aliphatic rings. The summed E-state index contributed by atoms with van der Waals surface area (Å²) in [6.45, 7) is 4.90. The Kier molecular flexibility index (Phi) is 3.68. The highest BCUT2D eigenvalue weighted by Gasteiger charge is 2.43. The molecule has 0 aromatic heterocycles. The average Bonchev–Trinajstić information content (AvgIpc) is 2.39. The van der Waals surface area contributed by atoms with Crippen molar-refractivity contribution in [1.29, 1.82) is 5.26 Å². The Morgan fingerprint density at radius 3 is 2.47 bits per heavy atom. The minimum absolute atomic E-state index is 0.0372. The van der Waals surface area contributed by atoms with Gasteiger partial charge >= 0.3 is 0 Å². The maximum absolute atomic E-state index is 12.5. The van der Waals surface area contributed by atoms with Crippen molar-refractivity contribution in [3.8, 4) is 6.07 Å². The van der Waals surface area contributed by atoms with E-state index in [0.717, 1.165) is 25.9 Å². The molecule has 0 spiro atoms. The zero-order valence-electron chi connectivity index (χ0n) is 10.4. The number of hydrogen-bond donors (Lipinski definition) is 0. The van der Waals surface area contributed by atoms with Gasteiger partial charge in [0.15, 0.2) is 0 Å². The van der Waals surface area contributed by atoms with Crippen LogP contribution in [0.2, 0.25) is 0 Å². The summed E-state index contributed by atoms with van der Waals surface area (Å²) in [6, 6.07) is 2.25. The molecule has 0 atom stereocenters. The van der Waals surface area contributed by atoms with Crippen LogP contribution in [-0.4, -0.2) is 37.1 Å². The molecule has 0 aromatic rings. The van der Waals surface area contributed by atoms with Crippen LogP contribution >= 0.6 is 0 Å². The van der Waals surface area contributed by atoms with Gasteiger partial charge in [-0.05, 0) is 31.6 Å². The van der Waals surface area contributed by atoms with Crippen LogP contribution in [0.4, 0.5) is 0 Å². The lowest BCUT2D eigenvalue weighted by molar-refractivity contribution is -0.144. The molecule has 2 aliphatic heterocycles. The van der Waals surface area contributed by atoms with E-state index in [2.05, 4.69) is 13.0 Å². The van der Waals surface area contributed by atoms with E-state index in [1.54, 1.807) is 0 Å². The predicted molar refractivity (Wildman–Crippen MR) is 63.1 cm³/mol. The molecule has 0 unspecified atom stereocenters. The van der Waals surface area contributed by atoms with Gasteiger partial charge in [0.05, 0.1) is 6.07 Å². The van der Waals surface area contributed by atoms with Crippen LogP contribution in [0.25, 0.3) is 0 Å². The number of nitrogens with zero attached hydrogens (tertiary/aromatic N) is 2. The highest BCUT2D eigenvalue weighted by atomic mass is 16.5. The van der Waals surface area contributed by atoms with E-state index in [4.69, 9.17) is 4.74 Å². The number of carbonyl (C=O) groups excluding carboxylic acids is 1. The second-order valence-corrected chi connectivity index (χ2v) is 5.28. The molecule has 4 nitrogen and oxygen atoms in total. The van der Waals surface area contributed by atoms with Crippen LogP contribution in [0, 0.1) is 22.7 Å². The minimum atomic E-state index is -0.807. The zero-order valence-corrected chi connectivity index (χ0v) is 10.4. The first-order valence-electron chi connectivity index (χ1n) is 6.46. The van der Waals surface area contributed by atoms with E-state index >= 15 is 0 Å². The topological polar surface area (TPSA) is 53.3 Å². The number of rotatable bonds is 1. The summed E-state index contributed by atoms with van der Waals surface area (Å²) in [5.74, 6) is 0.738. The van der Waals surface area contributed by atoms with Crippen molar-refractivity contribution in [2.75, 3.05) is 26.3 Å². The van der Waals surface area contributed by atoms with E-state index in [-0.39, 0.29) is 5.91 Å². The third-order valence-corrected chi connectivity index (χ3v) is 4.04. The summed E-state index contributed by atoms with van der Waals surface area (Å²) < 4.78 is 5.26. The summed E-state index contributed by atoms with van der Waals surface area (Å²) in [4.78, 5) is 14.3. The first-order valence-corrected chi connectivity index (χ1v) is 6.46. The Hall–Kier alpha value is -1.08. The number of nitriles is 1. The fourth-order valence-electron chi connectivity index (χ4n) is 2.61. The second-order valence-electron chi connectivity index (χ2n) is 5.28. The molecule has 0 aliphatic carbocycles. The molecule has 2 rings (SSSR count). The Bertz CT molecular complexity index is 321. The third-order valence-electron chi connectivity index (χ3n) is 4.04. The maximum Gasteiger partial charge on any atom is 0.243 e. The molecule has 2 saturated heterocycles. The standard InChI is InChI=1S/C13H20N2O2/c1-11-2-6-15(7-3-11)12(16)13(10-14)4-8-17-9-5-13/h11H,2-9H2,1H3. The first-order chi connectivity index (χ1) is 8.18. The van der Waals surface area contributed by atoms with Gasteiger partial charge < -0.3 is 9.64 Å². The number of ether oxygens (including phenoxy) is 1. The quantitative estimate of drug-likeness (QED) is 0.694. The minimum Gasteiger partial charge on any atom is -0.381 e. The van der Waals surface area contributed by atoms with Crippen LogP contribution in [0.5, 0.6) is 0 Å². The molecule has 0 N–H and O–H groups in total. The Morgan fingerprint density at radius 1 is 1.35 bits per heavy atom. The fraction of sp³-hybridized carbons (Fsp3) is 0.846. The molecule has 94 valence electrons. The summed E-state index contributed by atoms with van der Waals surface area (Å²) in [5, 5.41) is 9.34. The normalized spacial score (nSPS) is 25.3. The first kappa shape index (κ1) is 12.4. The van der Waals surface area contributed by atoms with Crippen LogP contribution in [0.1, 0.15) is 32.6 Å². The lowest BCUT2D eigenvalue weighted by atomic mass is 9.79. The van der Waals surface area contributed by atoms with Crippen molar-refractivity contribution in [3.05, 3.63) is 0 Å². The van der Waals surface area contributed by atoms with E-state index in [9.17, 15) is 10.1 Å². The second kappa shape index (κ2) is 5.05. The van der Waals surface area contributed by atoms with Gasteiger partial charge in [-0.1, -0.05) is 6.92 Å². The highest BCUT2D eigenvalue weighted by molar-refractivity contribution is 5.85. The van der Waals surface area contributed by atoms with Crippen LogP contribution < -0.4 is 0 Å². The Morgan fingerprint density at radius 2 is 1.94 bits per heavy atom. The van der Waals surface area contributed by atoms with Gasteiger partial charge in [-0.25, -0.2) is 0 Å². The summed E-state index contributed by atoms with van der Waals surface area (Å²) in [6.07, 6.45) is 3.22. The van der Waals surface area contributed by atoms with Gasteiger partial charge in [0.1, 0.15) is 5.41 Å². The van der Waals surface area contributed by atoms with E-state index < -0.39 is 5.41 Å². The largest absolute Gasteiger partial charge is 0.381 e. The number of hydrogen-bond acceptors (Lipinski definition) is 3. The number of carbonyl (C=O) groups is 1. The zero-order chi connectivity index (χ0) is 12.3. The van der Waals surface area contributed by atoms with Crippen molar-refractivity contribution in [2.24, 2.45) is 11.3 Å². The van der Waals surface area contributed by atoms with Gasteiger partial charge in [-0.15, -0.1) is 0 Å². The number of piperidine rings is 1. The molecule has 1 amide bonds. The molecule has 2 fully saturated rings. The molecule has 17 heavy (non-hydrogen) atoms. The SMILES string of the molecule is CC1CCN(C(=O)C2(C#N)CCOCC2)CC1. The highest BCUT2D eigenvalue weighted by Crippen LogP contribution is 2.33. The summed E-state index contributed by atoms with van der Waals surface area (Å²) in [7, 11) is 0. The number of likely N-dealkylation sites (tertiary alicyclic amines) is 1. The van der Waals surface area contributed by atoms with Gasteiger partial charge in [-0.3, -0.25) is 4.79 Å². The van der Waals surface area contributed by atoms with Crippen LogP contribution in [0.15, 0.2) is 0 Å². The average molecular weight is 236 g/mol. The van der Waals surface area contributed by atoms with E-state index in [0.29, 0.717) is 32.0 Å². The van der Waals surface area contributed by atoms with E-state index in [1.165, 1.54) is 0 Å². The van der Waals surface area contributed by atoms with Crippen molar-refractivity contribution in [2.45, 2.75) is 32.6 Å². The van der Waals surface area contributed by atoms with Crippen molar-refractivity contribution >= 4 is 5.91 Å². The molecule has 2 heterocycles. The maximum atomic E-state index is 12.5. The molecule has 0 radical (unpaired) electrons. The van der Waals surface area contributed by atoms with Crippen LogP contribution in [0.3, 0.4) is 0 Å². The number of amides is 1. The van der Waals surface area contributed by atoms with Gasteiger partial charge in [0.25, 0.3) is 0 Å². The molecule has 0 bridgehead atoms. The van der Waals surface area contributed by atoms with Crippen molar-refractivity contribution in [3.63, 3.8) is 0 Å². The smallest absolute Gasteiger partial charge is 0.243 e. The molecule has 0 saturated carbocycles. The van der Waals surface area contributed by atoms with Crippen molar-refractivity contribution in [1.82, 2.24) is 4.90 Å². The molecular formula is C13H20N2O2. The Labute approximate surface area is 103 Å². The van der Waals surface area contributed by atoms with Crippen molar-refractivity contribution < 1.29 is 9.53 Å². The lowest BCUT2D eigenvalue weighted by Gasteiger charge is -2.37. The Balaban J connectivity index is 2.04. The third kappa shape index (κ3) is 2.44. The lowest BCUT2D eigenvalue weighted by Crippen LogP contribution is -2.48. The van der Waals surface area contributed by atoms with E-state index in [1.807, 2.05) is 4.90 Å². The monoisotopic (exact) mass is 236 g/mol. The summed E-state index contributed by atoms with van der Waals surface area (Å²) in [5.41, 5.74) is -0.807. The predicted octanol–water partition coefficient (Wildman–Crippen LogP) is 1.57. The molecule has 4 heteroatoms.